The smallest absolute Gasteiger partial charge is 0.134 e. The number of ether oxygens (including phenoxy) is 1. The molecule has 18 heavy (non-hydrogen) atoms. The Morgan fingerprint density at radius 3 is 2.56 bits per heavy atom. The summed E-state index contributed by atoms with van der Waals surface area (Å²) in [6, 6.07) is 10.4. The lowest BCUT2D eigenvalue weighted by molar-refractivity contribution is 0.411. The zero-order valence-electron chi connectivity index (χ0n) is 10.5. The van der Waals surface area contributed by atoms with Crippen molar-refractivity contribution in [3.63, 3.8) is 0 Å². The summed E-state index contributed by atoms with van der Waals surface area (Å²) in [7, 11) is 1.52. The van der Waals surface area contributed by atoms with Crippen LogP contribution in [-0.4, -0.2) is 7.11 Å². The minimum absolute atomic E-state index is 0.291. The number of halogens is 1. The molecule has 0 aliphatic carbocycles. The summed E-state index contributed by atoms with van der Waals surface area (Å²) in [5.41, 5.74) is 9.02. The largest absolute Gasteiger partial charge is 0.497 e. The van der Waals surface area contributed by atoms with Crippen LogP contribution < -0.4 is 10.5 Å². The lowest BCUT2D eigenvalue weighted by atomic mass is 10.0. The van der Waals surface area contributed by atoms with E-state index in [2.05, 4.69) is 0 Å². The number of nitrogen functional groups attached to an aromatic ring is 1. The van der Waals surface area contributed by atoms with Crippen LogP contribution in [-0.2, 0) is 6.42 Å². The molecule has 2 aromatic carbocycles. The van der Waals surface area contributed by atoms with Crippen molar-refractivity contribution in [2.75, 3.05) is 12.8 Å². The average Bonchev–Trinajstić information content (AvgIpc) is 2.39. The first-order valence-corrected chi connectivity index (χ1v) is 5.88. The van der Waals surface area contributed by atoms with Gasteiger partial charge in [0.25, 0.3) is 0 Å². The van der Waals surface area contributed by atoms with E-state index in [-0.39, 0.29) is 5.82 Å². The van der Waals surface area contributed by atoms with Crippen LogP contribution in [0.1, 0.15) is 12.5 Å². The summed E-state index contributed by atoms with van der Waals surface area (Å²) < 4.78 is 18.9. The fraction of sp³-hybridized carbons (Fsp3) is 0.200. The molecular weight excluding hydrogens is 229 g/mol. The molecule has 2 aromatic rings. The summed E-state index contributed by atoms with van der Waals surface area (Å²) in [5, 5.41) is 0. The molecule has 0 heterocycles. The molecule has 0 spiro atoms. The van der Waals surface area contributed by atoms with Crippen LogP contribution in [0.15, 0.2) is 36.4 Å². The minimum Gasteiger partial charge on any atom is -0.497 e. The monoisotopic (exact) mass is 245 g/mol. The molecule has 94 valence electrons. The maximum absolute atomic E-state index is 13.9. The highest BCUT2D eigenvalue weighted by Gasteiger charge is 2.08. The predicted octanol–water partition coefficient (Wildman–Crippen LogP) is 3.65. The molecule has 0 saturated heterocycles. The lowest BCUT2D eigenvalue weighted by Crippen LogP contribution is -1.94. The molecule has 0 amide bonds. The van der Waals surface area contributed by atoms with Gasteiger partial charge in [-0.1, -0.05) is 13.0 Å². The Balaban J connectivity index is 2.48. The van der Waals surface area contributed by atoms with Gasteiger partial charge in [-0.25, -0.2) is 4.39 Å². The Hall–Kier alpha value is -2.03. The molecule has 3 heteroatoms. The van der Waals surface area contributed by atoms with Crippen molar-refractivity contribution < 1.29 is 9.13 Å². The van der Waals surface area contributed by atoms with Crippen molar-refractivity contribution in [2.24, 2.45) is 0 Å². The number of rotatable bonds is 3. The maximum Gasteiger partial charge on any atom is 0.134 e. The molecule has 0 atom stereocenters. The second-order valence-electron chi connectivity index (χ2n) is 4.11. The number of hydrogen-bond acceptors (Lipinski definition) is 2. The SMILES string of the molecule is CCc1cc(-c2ccc(OC)cc2F)ccc1N. The van der Waals surface area contributed by atoms with Crippen molar-refractivity contribution in [3.8, 4) is 16.9 Å². The zero-order chi connectivity index (χ0) is 13.1. The molecule has 2 rings (SSSR count). The molecule has 2 nitrogen and oxygen atoms in total. The topological polar surface area (TPSA) is 35.2 Å². The van der Waals surface area contributed by atoms with Crippen LogP contribution in [0.2, 0.25) is 0 Å². The summed E-state index contributed by atoms with van der Waals surface area (Å²) in [5.74, 6) is 0.226. The standard InChI is InChI=1S/C15H16FNO/c1-3-10-8-11(4-7-15(10)17)13-6-5-12(18-2)9-14(13)16/h4-9H,3,17H2,1-2H3. The average molecular weight is 245 g/mol. The van der Waals surface area contributed by atoms with Gasteiger partial charge in [-0.05, 0) is 41.8 Å². The highest BCUT2D eigenvalue weighted by molar-refractivity contribution is 5.69. The van der Waals surface area contributed by atoms with E-state index in [1.165, 1.54) is 13.2 Å². The van der Waals surface area contributed by atoms with Crippen LogP contribution in [0.4, 0.5) is 10.1 Å². The van der Waals surface area contributed by atoms with Crippen molar-refractivity contribution in [2.45, 2.75) is 13.3 Å². The van der Waals surface area contributed by atoms with Gasteiger partial charge in [0.2, 0.25) is 0 Å². The molecule has 2 N–H and O–H groups in total. The van der Waals surface area contributed by atoms with E-state index in [0.717, 1.165) is 23.2 Å². The molecule has 0 aliphatic heterocycles. The summed E-state index contributed by atoms with van der Waals surface area (Å²) in [4.78, 5) is 0. The second kappa shape index (κ2) is 5.08. The Labute approximate surface area is 106 Å². The Bertz CT molecular complexity index is 566. The molecule has 0 aromatic heterocycles. The molecule has 0 radical (unpaired) electrons. The van der Waals surface area contributed by atoms with Crippen LogP contribution in [0, 0.1) is 5.82 Å². The first kappa shape index (κ1) is 12.4. The molecule has 0 saturated carbocycles. The zero-order valence-corrected chi connectivity index (χ0v) is 10.5. The van der Waals surface area contributed by atoms with Gasteiger partial charge >= 0.3 is 0 Å². The Kier molecular flexibility index (Phi) is 3.51. The number of benzene rings is 2. The molecule has 0 fully saturated rings. The van der Waals surface area contributed by atoms with Crippen molar-refractivity contribution in [1.82, 2.24) is 0 Å². The molecule has 0 bridgehead atoms. The highest BCUT2D eigenvalue weighted by atomic mass is 19.1. The van der Waals surface area contributed by atoms with Crippen molar-refractivity contribution in [1.29, 1.82) is 0 Å². The minimum atomic E-state index is -0.291. The molecular formula is C15H16FNO. The Morgan fingerprint density at radius 2 is 1.94 bits per heavy atom. The van der Waals surface area contributed by atoms with Gasteiger partial charge in [-0.15, -0.1) is 0 Å². The summed E-state index contributed by atoms with van der Waals surface area (Å²) >= 11 is 0. The maximum atomic E-state index is 13.9. The lowest BCUT2D eigenvalue weighted by Gasteiger charge is -2.09. The van der Waals surface area contributed by atoms with Gasteiger partial charge in [0, 0.05) is 17.3 Å². The van der Waals surface area contributed by atoms with Crippen LogP contribution in [0.3, 0.4) is 0 Å². The first-order valence-electron chi connectivity index (χ1n) is 5.88. The van der Waals surface area contributed by atoms with E-state index in [1.54, 1.807) is 12.1 Å². The van der Waals surface area contributed by atoms with Gasteiger partial charge in [0.15, 0.2) is 0 Å². The van der Waals surface area contributed by atoms with E-state index in [9.17, 15) is 4.39 Å². The third-order valence-corrected chi connectivity index (χ3v) is 3.01. The third-order valence-electron chi connectivity index (χ3n) is 3.01. The van der Waals surface area contributed by atoms with E-state index < -0.39 is 0 Å². The second-order valence-corrected chi connectivity index (χ2v) is 4.11. The number of methoxy groups -OCH3 is 1. The van der Waals surface area contributed by atoms with Gasteiger partial charge in [0.1, 0.15) is 11.6 Å². The fourth-order valence-corrected chi connectivity index (χ4v) is 1.94. The van der Waals surface area contributed by atoms with Crippen LogP contribution in [0.25, 0.3) is 11.1 Å². The third kappa shape index (κ3) is 2.30. The van der Waals surface area contributed by atoms with Gasteiger partial charge in [-0.2, -0.15) is 0 Å². The van der Waals surface area contributed by atoms with Crippen molar-refractivity contribution >= 4 is 5.69 Å². The number of aryl methyl sites for hydroxylation is 1. The number of anilines is 1. The predicted molar refractivity (Wildman–Crippen MR) is 72.2 cm³/mol. The highest BCUT2D eigenvalue weighted by Crippen LogP contribution is 2.28. The molecule has 0 aliphatic rings. The van der Waals surface area contributed by atoms with Gasteiger partial charge in [0.05, 0.1) is 7.11 Å². The Morgan fingerprint density at radius 1 is 1.17 bits per heavy atom. The molecule has 0 unspecified atom stereocenters. The van der Waals surface area contributed by atoms with Crippen LogP contribution in [0.5, 0.6) is 5.75 Å². The fourth-order valence-electron chi connectivity index (χ4n) is 1.94. The first-order chi connectivity index (χ1) is 8.65. The quantitative estimate of drug-likeness (QED) is 0.838. The number of nitrogens with two attached hydrogens (primary N) is 1. The normalized spacial score (nSPS) is 10.4. The summed E-state index contributed by atoms with van der Waals surface area (Å²) in [6.45, 7) is 2.03. The van der Waals surface area contributed by atoms with E-state index in [4.69, 9.17) is 10.5 Å². The van der Waals surface area contributed by atoms with Crippen LogP contribution >= 0.6 is 0 Å². The van der Waals surface area contributed by atoms with Gasteiger partial charge < -0.3 is 10.5 Å². The van der Waals surface area contributed by atoms with E-state index in [1.807, 2.05) is 25.1 Å². The summed E-state index contributed by atoms with van der Waals surface area (Å²) in [6.07, 6.45) is 0.831. The van der Waals surface area contributed by atoms with E-state index in [0.29, 0.717) is 11.3 Å². The van der Waals surface area contributed by atoms with Crippen molar-refractivity contribution in [3.05, 3.63) is 47.8 Å². The van der Waals surface area contributed by atoms with E-state index >= 15 is 0 Å². The number of hydrogen-bond donors (Lipinski definition) is 1. The van der Waals surface area contributed by atoms with Gasteiger partial charge in [-0.3, -0.25) is 0 Å².